The number of hydrogen-bond acceptors (Lipinski definition) is 3. The number of primary amides is 1. The number of nitrogens with one attached hydrogen (secondary N) is 2. The Labute approximate surface area is 157 Å². The van der Waals surface area contributed by atoms with Crippen molar-refractivity contribution in [2.45, 2.75) is 26.3 Å². The highest BCUT2D eigenvalue weighted by Crippen LogP contribution is 2.23. The summed E-state index contributed by atoms with van der Waals surface area (Å²) in [6.45, 7) is 5.77. The highest BCUT2D eigenvalue weighted by atomic mass is 16.2. The van der Waals surface area contributed by atoms with Gasteiger partial charge in [0.1, 0.15) is 0 Å². The van der Waals surface area contributed by atoms with Gasteiger partial charge in [0.2, 0.25) is 5.91 Å². The van der Waals surface area contributed by atoms with Crippen LogP contribution in [0, 0.1) is 0 Å². The SMILES string of the molecule is CC(C)(C)NC(=O)Nc1ccc2nc(-c3ccc(C(N)=O)cc3)ccc2c1. The maximum absolute atomic E-state index is 12.0. The van der Waals surface area contributed by atoms with Crippen LogP contribution in [0.3, 0.4) is 0 Å². The number of nitrogens with two attached hydrogens (primary N) is 1. The van der Waals surface area contributed by atoms with Crippen molar-refractivity contribution in [3.8, 4) is 11.3 Å². The van der Waals surface area contributed by atoms with E-state index in [0.29, 0.717) is 11.3 Å². The van der Waals surface area contributed by atoms with Gasteiger partial charge in [-0.1, -0.05) is 18.2 Å². The monoisotopic (exact) mass is 362 g/mol. The van der Waals surface area contributed by atoms with Crippen molar-refractivity contribution < 1.29 is 9.59 Å². The number of aromatic nitrogens is 1. The molecule has 4 N–H and O–H groups in total. The summed E-state index contributed by atoms with van der Waals surface area (Å²) in [5, 5.41) is 6.61. The molecule has 3 aromatic rings. The molecule has 138 valence electrons. The number of carbonyl (C=O) groups excluding carboxylic acids is 2. The molecule has 6 nitrogen and oxygen atoms in total. The quantitative estimate of drug-likeness (QED) is 0.659. The highest BCUT2D eigenvalue weighted by molar-refractivity contribution is 5.94. The van der Waals surface area contributed by atoms with Crippen molar-refractivity contribution in [2.24, 2.45) is 5.73 Å². The van der Waals surface area contributed by atoms with Gasteiger partial charge in [-0.3, -0.25) is 4.79 Å². The van der Waals surface area contributed by atoms with Crippen molar-refractivity contribution in [3.63, 3.8) is 0 Å². The molecule has 3 amide bonds. The van der Waals surface area contributed by atoms with Crippen molar-refractivity contribution >= 4 is 28.5 Å². The first-order valence-electron chi connectivity index (χ1n) is 8.61. The van der Waals surface area contributed by atoms with E-state index < -0.39 is 5.91 Å². The molecular formula is C21H22N4O2. The first kappa shape index (κ1) is 18.4. The van der Waals surface area contributed by atoms with Gasteiger partial charge in [-0.05, 0) is 57.2 Å². The molecule has 0 saturated carbocycles. The number of carbonyl (C=O) groups is 2. The van der Waals surface area contributed by atoms with E-state index in [2.05, 4.69) is 15.6 Å². The number of hydrogen-bond donors (Lipinski definition) is 3. The molecule has 0 radical (unpaired) electrons. The Morgan fingerprint density at radius 1 is 0.963 bits per heavy atom. The second-order valence-corrected chi connectivity index (χ2v) is 7.37. The minimum absolute atomic E-state index is 0.249. The van der Waals surface area contributed by atoms with Gasteiger partial charge in [0.15, 0.2) is 0 Å². The molecule has 1 heterocycles. The van der Waals surface area contributed by atoms with E-state index in [-0.39, 0.29) is 11.6 Å². The summed E-state index contributed by atoms with van der Waals surface area (Å²) >= 11 is 0. The predicted octanol–water partition coefficient (Wildman–Crippen LogP) is 3.92. The molecular weight excluding hydrogens is 340 g/mol. The second-order valence-electron chi connectivity index (χ2n) is 7.37. The molecule has 0 bridgehead atoms. The average molecular weight is 362 g/mol. The van der Waals surface area contributed by atoms with Crippen LogP contribution >= 0.6 is 0 Å². The van der Waals surface area contributed by atoms with E-state index in [1.807, 2.05) is 63.2 Å². The maximum atomic E-state index is 12.0. The molecule has 0 aliphatic heterocycles. The molecule has 0 fully saturated rings. The van der Waals surface area contributed by atoms with Crippen LogP contribution in [0.2, 0.25) is 0 Å². The van der Waals surface area contributed by atoms with Gasteiger partial charge in [0.05, 0.1) is 11.2 Å². The summed E-state index contributed by atoms with van der Waals surface area (Å²) in [6.07, 6.45) is 0. The topological polar surface area (TPSA) is 97.1 Å². The van der Waals surface area contributed by atoms with Crippen LogP contribution in [-0.4, -0.2) is 22.5 Å². The van der Waals surface area contributed by atoms with Crippen LogP contribution < -0.4 is 16.4 Å². The average Bonchev–Trinajstić information content (AvgIpc) is 2.59. The molecule has 0 saturated heterocycles. The minimum atomic E-state index is -0.455. The standard InChI is InChI=1S/C21H22N4O2/c1-21(2,3)25-20(27)23-16-9-11-18-15(12-16)8-10-17(24-18)13-4-6-14(7-5-13)19(22)26/h4-12H,1-3H3,(H2,22,26)(H2,23,25,27). The summed E-state index contributed by atoms with van der Waals surface area (Å²) in [5.41, 5.74) is 8.63. The first-order valence-corrected chi connectivity index (χ1v) is 8.61. The Bertz CT molecular complexity index is 1000. The Balaban J connectivity index is 1.82. The number of nitrogens with zero attached hydrogens (tertiary/aromatic N) is 1. The van der Waals surface area contributed by atoms with E-state index in [9.17, 15) is 9.59 Å². The molecule has 1 aromatic heterocycles. The fourth-order valence-electron chi connectivity index (χ4n) is 2.67. The van der Waals surface area contributed by atoms with Crippen LogP contribution in [-0.2, 0) is 0 Å². The first-order chi connectivity index (χ1) is 12.7. The summed E-state index contributed by atoms with van der Waals surface area (Å²) < 4.78 is 0. The Hall–Kier alpha value is -3.41. The van der Waals surface area contributed by atoms with E-state index in [1.165, 1.54) is 0 Å². The molecule has 0 atom stereocenters. The molecule has 0 unspecified atom stereocenters. The zero-order chi connectivity index (χ0) is 19.6. The Morgan fingerprint density at radius 2 is 1.67 bits per heavy atom. The van der Waals surface area contributed by atoms with Gasteiger partial charge < -0.3 is 16.4 Å². The number of anilines is 1. The van der Waals surface area contributed by atoms with Crippen LogP contribution in [0.15, 0.2) is 54.6 Å². The molecule has 0 aliphatic carbocycles. The van der Waals surface area contributed by atoms with Gasteiger partial charge in [0.25, 0.3) is 0 Å². The van der Waals surface area contributed by atoms with E-state index in [0.717, 1.165) is 22.2 Å². The normalized spacial score (nSPS) is 11.2. The lowest BCUT2D eigenvalue weighted by Gasteiger charge is -2.20. The van der Waals surface area contributed by atoms with Crippen molar-refractivity contribution in [1.29, 1.82) is 0 Å². The van der Waals surface area contributed by atoms with Gasteiger partial charge in [-0.15, -0.1) is 0 Å². The zero-order valence-corrected chi connectivity index (χ0v) is 15.5. The van der Waals surface area contributed by atoms with E-state index in [4.69, 9.17) is 5.73 Å². The van der Waals surface area contributed by atoms with Crippen molar-refractivity contribution in [1.82, 2.24) is 10.3 Å². The fourth-order valence-corrected chi connectivity index (χ4v) is 2.67. The third kappa shape index (κ3) is 4.61. The number of pyridine rings is 1. The molecule has 3 rings (SSSR count). The number of benzene rings is 2. The number of urea groups is 1. The van der Waals surface area contributed by atoms with Gasteiger partial charge >= 0.3 is 6.03 Å². The van der Waals surface area contributed by atoms with Crippen molar-refractivity contribution in [2.75, 3.05) is 5.32 Å². The third-order valence-corrected chi connectivity index (χ3v) is 3.90. The second kappa shape index (κ2) is 7.07. The maximum Gasteiger partial charge on any atom is 0.319 e. The minimum Gasteiger partial charge on any atom is -0.366 e. The Morgan fingerprint density at radius 3 is 2.30 bits per heavy atom. The van der Waals surface area contributed by atoms with Gasteiger partial charge in [-0.25, -0.2) is 9.78 Å². The summed E-state index contributed by atoms with van der Waals surface area (Å²) in [6, 6.07) is 16.2. The van der Waals surface area contributed by atoms with Gasteiger partial charge in [-0.2, -0.15) is 0 Å². The van der Waals surface area contributed by atoms with Crippen LogP contribution in [0.1, 0.15) is 31.1 Å². The van der Waals surface area contributed by atoms with Crippen molar-refractivity contribution in [3.05, 3.63) is 60.2 Å². The highest BCUT2D eigenvalue weighted by Gasteiger charge is 2.13. The predicted molar refractivity (Wildman–Crippen MR) is 108 cm³/mol. The molecule has 6 heteroatoms. The lowest BCUT2D eigenvalue weighted by molar-refractivity contribution is 0.1000. The van der Waals surface area contributed by atoms with Gasteiger partial charge in [0, 0.05) is 27.7 Å². The molecule has 27 heavy (non-hydrogen) atoms. The molecule has 2 aromatic carbocycles. The number of fused-ring (bicyclic) bond motifs is 1. The lowest BCUT2D eigenvalue weighted by atomic mass is 10.1. The summed E-state index contributed by atoms with van der Waals surface area (Å²) in [4.78, 5) is 27.8. The zero-order valence-electron chi connectivity index (χ0n) is 15.5. The Kier molecular flexibility index (Phi) is 4.81. The smallest absolute Gasteiger partial charge is 0.319 e. The van der Waals surface area contributed by atoms with Crippen LogP contribution in [0.5, 0.6) is 0 Å². The summed E-state index contributed by atoms with van der Waals surface area (Å²) in [5.74, 6) is -0.455. The number of amides is 3. The third-order valence-electron chi connectivity index (χ3n) is 3.90. The number of rotatable bonds is 3. The van der Waals surface area contributed by atoms with Crippen LogP contribution in [0.25, 0.3) is 22.2 Å². The fraction of sp³-hybridized carbons (Fsp3) is 0.190. The largest absolute Gasteiger partial charge is 0.366 e. The molecule has 0 aliphatic rings. The lowest BCUT2D eigenvalue weighted by Crippen LogP contribution is -2.43. The van der Waals surface area contributed by atoms with E-state index >= 15 is 0 Å². The van der Waals surface area contributed by atoms with Crippen LogP contribution in [0.4, 0.5) is 10.5 Å². The molecule has 0 spiro atoms. The van der Waals surface area contributed by atoms with E-state index in [1.54, 1.807) is 12.1 Å². The summed E-state index contributed by atoms with van der Waals surface area (Å²) in [7, 11) is 0.